The van der Waals surface area contributed by atoms with Crippen LogP contribution in [-0.2, 0) is 20.0 Å². The Bertz CT molecular complexity index is 1340. The van der Waals surface area contributed by atoms with Crippen LogP contribution in [0.5, 0.6) is 11.6 Å². The van der Waals surface area contributed by atoms with Crippen molar-refractivity contribution in [3.8, 4) is 23.5 Å². The van der Waals surface area contributed by atoms with Gasteiger partial charge < -0.3 is 14.4 Å². The molecule has 0 aliphatic rings. The summed E-state index contributed by atoms with van der Waals surface area (Å²) in [6.45, 7) is 1.11. The van der Waals surface area contributed by atoms with E-state index in [0.717, 1.165) is 39.3 Å². The van der Waals surface area contributed by atoms with E-state index in [9.17, 15) is 9.90 Å². The molecule has 0 fully saturated rings. The number of aromatic hydroxyl groups is 1. The molecule has 4 rings (SSSR count). The number of H-pyrrole nitrogens is 1. The van der Waals surface area contributed by atoms with Crippen molar-refractivity contribution in [1.82, 2.24) is 19.9 Å². The molecule has 2 heterocycles. The molecule has 7 nitrogen and oxygen atoms in total. The van der Waals surface area contributed by atoms with Crippen molar-refractivity contribution in [2.75, 3.05) is 13.7 Å². The van der Waals surface area contributed by atoms with Gasteiger partial charge in [-0.3, -0.25) is 15.1 Å². The predicted octanol–water partition coefficient (Wildman–Crippen LogP) is 2.77. The highest BCUT2D eigenvalue weighted by molar-refractivity contribution is 7.09. The Morgan fingerprint density at radius 1 is 1.29 bits per heavy atom. The number of methoxy groups -OCH3 is 1. The summed E-state index contributed by atoms with van der Waals surface area (Å²) in [6.07, 6.45) is 0.443. The van der Waals surface area contributed by atoms with E-state index in [2.05, 4.69) is 37.8 Å². The third-order valence-corrected chi connectivity index (χ3v) is 5.80. The van der Waals surface area contributed by atoms with Crippen LogP contribution in [0, 0.1) is 11.8 Å². The zero-order valence-electron chi connectivity index (χ0n) is 17.2. The summed E-state index contributed by atoms with van der Waals surface area (Å²) < 4.78 is 7.49. The fraction of sp³-hybridized carbons (Fsp3) is 0.217. The fourth-order valence-electron chi connectivity index (χ4n) is 3.35. The number of hydrogen-bond acceptors (Lipinski definition) is 6. The molecule has 0 unspecified atom stereocenters. The van der Waals surface area contributed by atoms with Crippen LogP contribution in [0.15, 0.2) is 47.3 Å². The van der Waals surface area contributed by atoms with Crippen LogP contribution >= 0.6 is 11.3 Å². The van der Waals surface area contributed by atoms with Gasteiger partial charge in [-0.25, -0.2) is 4.98 Å². The molecule has 0 saturated heterocycles. The second kappa shape index (κ2) is 9.08. The first-order valence-electron chi connectivity index (χ1n) is 9.73. The van der Waals surface area contributed by atoms with Crippen molar-refractivity contribution < 1.29 is 9.84 Å². The van der Waals surface area contributed by atoms with E-state index in [1.54, 1.807) is 7.11 Å². The number of aryl methyl sites for hydroxylation is 1. The Morgan fingerprint density at radius 2 is 2.13 bits per heavy atom. The Labute approximate surface area is 183 Å². The van der Waals surface area contributed by atoms with E-state index in [1.165, 1.54) is 0 Å². The van der Waals surface area contributed by atoms with Crippen molar-refractivity contribution in [2.24, 2.45) is 7.05 Å². The number of ether oxygens (including phenoxy) is 1. The molecule has 2 aromatic heterocycles. The molecular formula is C23H22N4O3S. The van der Waals surface area contributed by atoms with E-state index in [4.69, 9.17) is 4.74 Å². The van der Waals surface area contributed by atoms with E-state index >= 15 is 0 Å². The molecule has 158 valence electrons. The van der Waals surface area contributed by atoms with Gasteiger partial charge in [0.05, 0.1) is 41.7 Å². The van der Waals surface area contributed by atoms with Gasteiger partial charge in [0.25, 0.3) is 0 Å². The monoisotopic (exact) mass is 434 g/mol. The smallest absolute Gasteiger partial charge is 0.307 e. The second-order valence-corrected chi connectivity index (χ2v) is 8.05. The third kappa shape index (κ3) is 4.63. The maximum atomic E-state index is 11.4. The topological polar surface area (TPSA) is 92.2 Å². The van der Waals surface area contributed by atoms with Gasteiger partial charge in [0.1, 0.15) is 11.6 Å². The summed E-state index contributed by atoms with van der Waals surface area (Å²) in [5.41, 5.74) is 3.77. The fourth-order valence-corrected chi connectivity index (χ4v) is 4.11. The number of fused-ring (bicyclic) bond motifs is 1. The molecule has 4 aromatic rings. The molecule has 0 amide bonds. The van der Waals surface area contributed by atoms with Crippen LogP contribution in [0.3, 0.4) is 0 Å². The van der Waals surface area contributed by atoms with Crippen molar-refractivity contribution in [3.63, 3.8) is 0 Å². The summed E-state index contributed by atoms with van der Waals surface area (Å²) >= 11 is 1.00. The molecule has 0 aliphatic carbocycles. The summed E-state index contributed by atoms with van der Waals surface area (Å²) in [5.74, 6) is 7.82. The second-order valence-electron chi connectivity index (χ2n) is 6.98. The molecule has 0 atom stereocenters. The van der Waals surface area contributed by atoms with Gasteiger partial charge in [0.2, 0.25) is 5.88 Å². The number of aromatic amines is 1. The number of nitrogens with zero attached hydrogens (tertiary/aromatic N) is 2. The van der Waals surface area contributed by atoms with Crippen molar-refractivity contribution >= 4 is 22.4 Å². The minimum Gasteiger partial charge on any atom is -0.495 e. The maximum Gasteiger partial charge on any atom is 0.307 e. The van der Waals surface area contributed by atoms with Crippen molar-refractivity contribution in [2.45, 2.75) is 13.0 Å². The zero-order chi connectivity index (χ0) is 21.8. The molecule has 0 aliphatic heterocycles. The predicted molar refractivity (Wildman–Crippen MR) is 122 cm³/mol. The zero-order valence-corrected chi connectivity index (χ0v) is 18.0. The minimum atomic E-state index is -0.271. The van der Waals surface area contributed by atoms with E-state index < -0.39 is 0 Å². The average molecular weight is 435 g/mol. The van der Waals surface area contributed by atoms with Gasteiger partial charge in [-0.2, -0.15) is 0 Å². The van der Waals surface area contributed by atoms with E-state index in [-0.39, 0.29) is 10.8 Å². The van der Waals surface area contributed by atoms with Gasteiger partial charge >= 0.3 is 4.87 Å². The Kier molecular flexibility index (Phi) is 6.07. The van der Waals surface area contributed by atoms with Crippen LogP contribution in [0.1, 0.15) is 21.8 Å². The lowest BCUT2D eigenvalue weighted by molar-refractivity contribution is 0.413. The van der Waals surface area contributed by atoms with Gasteiger partial charge in [-0.05, 0) is 29.8 Å². The Balaban J connectivity index is 1.43. The van der Waals surface area contributed by atoms with Gasteiger partial charge in [-0.1, -0.05) is 41.4 Å². The quantitative estimate of drug-likeness (QED) is 0.321. The van der Waals surface area contributed by atoms with Gasteiger partial charge in [0.15, 0.2) is 0 Å². The largest absolute Gasteiger partial charge is 0.495 e. The van der Waals surface area contributed by atoms with E-state index in [0.29, 0.717) is 30.1 Å². The number of rotatable bonds is 6. The Hall–Kier alpha value is -3.54. The number of thiazole rings is 1. The lowest BCUT2D eigenvalue weighted by Crippen LogP contribution is -2.16. The molecule has 3 N–H and O–H groups in total. The molecule has 0 saturated carbocycles. The molecule has 8 heteroatoms. The SMILES string of the molecule is COc1ccc(Cc2sc(=O)[nH]c2O)cc1C#CCNCc1nc2ccccc2n1C. The molecule has 0 radical (unpaired) electrons. The summed E-state index contributed by atoms with van der Waals surface area (Å²) in [4.78, 5) is 18.8. The highest BCUT2D eigenvalue weighted by Crippen LogP contribution is 2.24. The molecule has 2 aromatic carbocycles. The van der Waals surface area contributed by atoms with Crippen LogP contribution in [0.4, 0.5) is 0 Å². The summed E-state index contributed by atoms with van der Waals surface area (Å²) in [6, 6.07) is 13.7. The van der Waals surface area contributed by atoms with Crippen LogP contribution in [0.2, 0.25) is 0 Å². The number of para-hydroxylation sites is 2. The first-order chi connectivity index (χ1) is 15.0. The molecule has 0 spiro atoms. The van der Waals surface area contributed by atoms with E-state index in [1.807, 2.05) is 43.4 Å². The highest BCUT2D eigenvalue weighted by Gasteiger charge is 2.10. The standard InChI is InChI=1S/C23H22N4O3S/c1-27-18-8-4-3-7-17(18)25-21(27)14-24-11-5-6-16-12-15(9-10-19(16)30-2)13-20-22(28)26-23(29)31-20/h3-4,7-10,12,24,28H,11,13-14H2,1-2H3,(H,26,29). The molecule has 0 bridgehead atoms. The lowest BCUT2D eigenvalue weighted by atomic mass is 10.1. The van der Waals surface area contributed by atoms with Crippen LogP contribution in [-0.4, -0.2) is 33.3 Å². The molecular weight excluding hydrogens is 412 g/mol. The average Bonchev–Trinajstić information content (AvgIpc) is 3.26. The van der Waals surface area contributed by atoms with Crippen LogP contribution < -0.4 is 14.9 Å². The third-order valence-electron chi connectivity index (χ3n) is 4.93. The van der Waals surface area contributed by atoms with Crippen molar-refractivity contribution in [3.05, 3.63) is 74.0 Å². The first-order valence-corrected chi connectivity index (χ1v) is 10.5. The van der Waals surface area contributed by atoms with Gasteiger partial charge in [-0.15, -0.1) is 0 Å². The number of hydrogen-bond donors (Lipinski definition) is 3. The van der Waals surface area contributed by atoms with Crippen LogP contribution in [0.25, 0.3) is 11.0 Å². The van der Waals surface area contributed by atoms with Gasteiger partial charge in [0, 0.05) is 13.5 Å². The minimum absolute atomic E-state index is 0.0791. The number of imidazole rings is 1. The molecule has 31 heavy (non-hydrogen) atoms. The summed E-state index contributed by atoms with van der Waals surface area (Å²) in [7, 11) is 3.61. The first kappa shape index (κ1) is 20.7. The highest BCUT2D eigenvalue weighted by atomic mass is 32.1. The number of benzene rings is 2. The lowest BCUT2D eigenvalue weighted by Gasteiger charge is -2.06. The maximum absolute atomic E-state index is 11.4. The summed E-state index contributed by atoms with van der Waals surface area (Å²) in [5, 5.41) is 13.1. The number of aromatic nitrogens is 3. The Morgan fingerprint density at radius 3 is 2.87 bits per heavy atom. The van der Waals surface area contributed by atoms with Crippen molar-refractivity contribution in [1.29, 1.82) is 0 Å². The normalized spacial score (nSPS) is 10.8. The number of nitrogens with one attached hydrogen (secondary N) is 2.